The number of hydrogen-bond donors (Lipinski definition) is 1. The molecule has 3 aromatic carbocycles. The Kier molecular flexibility index (Phi) is 7.68. The van der Waals surface area contributed by atoms with Gasteiger partial charge in [-0.1, -0.05) is 36.8 Å². The molecule has 0 spiro atoms. The minimum absolute atomic E-state index is 0.333. The molecule has 0 aliphatic heterocycles. The van der Waals surface area contributed by atoms with E-state index in [1.165, 1.54) is 18.2 Å². The predicted molar refractivity (Wildman–Crippen MR) is 127 cm³/mol. The molecular formula is C28H27F2NO. The summed E-state index contributed by atoms with van der Waals surface area (Å²) in [7, 11) is 0. The van der Waals surface area contributed by atoms with Crippen molar-refractivity contribution in [1.29, 1.82) is 0 Å². The summed E-state index contributed by atoms with van der Waals surface area (Å²) in [6.07, 6.45) is 9.99. The minimum Gasteiger partial charge on any atom is -0.490 e. The summed E-state index contributed by atoms with van der Waals surface area (Å²) in [5.41, 5.74) is 2.64. The molecule has 0 aliphatic rings. The average Bonchev–Trinajstić information content (AvgIpc) is 2.81. The number of rotatable bonds is 10. The summed E-state index contributed by atoms with van der Waals surface area (Å²) in [5, 5.41) is 3.01. The van der Waals surface area contributed by atoms with Gasteiger partial charge in [0.2, 0.25) is 0 Å². The lowest BCUT2D eigenvalue weighted by molar-refractivity contribution is 0.363. The maximum absolute atomic E-state index is 14.3. The van der Waals surface area contributed by atoms with Crippen LogP contribution in [-0.2, 0) is 11.8 Å². The Morgan fingerprint density at radius 3 is 2.44 bits per heavy atom. The molecule has 1 atom stereocenters. The van der Waals surface area contributed by atoms with Gasteiger partial charge >= 0.3 is 0 Å². The van der Waals surface area contributed by atoms with Gasteiger partial charge < -0.3 is 10.1 Å². The fourth-order valence-electron chi connectivity index (χ4n) is 3.53. The van der Waals surface area contributed by atoms with Gasteiger partial charge in [0.1, 0.15) is 24.0 Å². The minimum atomic E-state index is -0.411. The molecule has 3 rings (SSSR count). The zero-order valence-corrected chi connectivity index (χ0v) is 18.2. The van der Waals surface area contributed by atoms with Crippen LogP contribution in [0.2, 0.25) is 0 Å². The van der Waals surface area contributed by atoms with E-state index in [0.29, 0.717) is 18.0 Å². The first-order chi connectivity index (χ1) is 15.4. The van der Waals surface area contributed by atoms with Gasteiger partial charge in [-0.3, -0.25) is 0 Å². The van der Waals surface area contributed by atoms with Crippen molar-refractivity contribution in [2.24, 2.45) is 0 Å². The van der Waals surface area contributed by atoms with E-state index in [2.05, 4.69) is 24.7 Å². The average molecular weight is 432 g/mol. The SMILES string of the molecule is C#CC(C)(CCCc1ccc(F)c(Nc2ccc(F)cc2)c1)c1ccc(OCC=C)cc1. The van der Waals surface area contributed by atoms with Crippen LogP contribution in [0.5, 0.6) is 5.75 Å². The monoisotopic (exact) mass is 431 g/mol. The molecule has 0 heterocycles. The first-order valence-corrected chi connectivity index (χ1v) is 10.6. The predicted octanol–water partition coefficient (Wildman–Crippen LogP) is 7.19. The highest BCUT2D eigenvalue weighted by Crippen LogP contribution is 2.31. The van der Waals surface area contributed by atoms with Crippen molar-refractivity contribution in [2.75, 3.05) is 11.9 Å². The van der Waals surface area contributed by atoms with Crippen molar-refractivity contribution < 1.29 is 13.5 Å². The molecule has 164 valence electrons. The quantitative estimate of drug-likeness (QED) is 0.271. The second-order valence-electron chi connectivity index (χ2n) is 7.90. The number of anilines is 2. The highest BCUT2D eigenvalue weighted by atomic mass is 19.1. The van der Waals surface area contributed by atoms with Crippen LogP contribution in [0.3, 0.4) is 0 Å². The van der Waals surface area contributed by atoms with Crippen LogP contribution in [-0.4, -0.2) is 6.61 Å². The Labute approximate surface area is 188 Å². The van der Waals surface area contributed by atoms with Gasteiger partial charge in [0, 0.05) is 5.69 Å². The normalized spacial score (nSPS) is 12.4. The number of hydrogen-bond acceptors (Lipinski definition) is 2. The molecule has 1 unspecified atom stereocenters. The van der Waals surface area contributed by atoms with Gasteiger partial charge in [-0.2, -0.15) is 0 Å². The molecule has 32 heavy (non-hydrogen) atoms. The molecule has 2 nitrogen and oxygen atoms in total. The summed E-state index contributed by atoms with van der Waals surface area (Å²) in [6.45, 7) is 6.16. The van der Waals surface area contributed by atoms with Crippen molar-refractivity contribution in [3.63, 3.8) is 0 Å². The van der Waals surface area contributed by atoms with E-state index in [9.17, 15) is 8.78 Å². The van der Waals surface area contributed by atoms with Gasteiger partial charge in [-0.05, 0) is 85.8 Å². The van der Waals surface area contributed by atoms with Gasteiger partial charge in [0.25, 0.3) is 0 Å². The molecule has 0 saturated heterocycles. The highest BCUT2D eigenvalue weighted by molar-refractivity contribution is 5.60. The van der Waals surface area contributed by atoms with Crippen LogP contribution < -0.4 is 10.1 Å². The maximum Gasteiger partial charge on any atom is 0.146 e. The summed E-state index contributed by atoms with van der Waals surface area (Å²) < 4.78 is 32.9. The van der Waals surface area contributed by atoms with E-state index >= 15 is 0 Å². The molecule has 0 amide bonds. The number of nitrogens with one attached hydrogen (secondary N) is 1. The zero-order chi connectivity index (χ0) is 23.0. The number of aryl methyl sites for hydroxylation is 1. The lowest BCUT2D eigenvalue weighted by Crippen LogP contribution is -2.19. The second kappa shape index (κ2) is 10.6. The van der Waals surface area contributed by atoms with Crippen molar-refractivity contribution in [3.8, 4) is 18.1 Å². The fourth-order valence-corrected chi connectivity index (χ4v) is 3.53. The number of benzene rings is 3. The first kappa shape index (κ1) is 23.1. The summed E-state index contributed by atoms with van der Waals surface area (Å²) in [4.78, 5) is 0. The van der Waals surface area contributed by atoms with Crippen LogP contribution >= 0.6 is 0 Å². The molecule has 0 bridgehead atoms. The largest absolute Gasteiger partial charge is 0.490 e. The van der Waals surface area contributed by atoms with E-state index in [0.717, 1.165) is 36.1 Å². The highest BCUT2D eigenvalue weighted by Gasteiger charge is 2.23. The molecule has 4 heteroatoms. The van der Waals surface area contributed by atoms with Crippen LogP contribution in [0.15, 0.2) is 79.4 Å². The molecule has 0 aromatic heterocycles. The first-order valence-electron chi connectivity index (χ1n) is 10.6. The number of ether oxygens (including phenoxy) is 1. The van der Waals surface area contributed by atoms with Gasteiger partial charge in [-0.25, -0.2) is 8.78 Å². The number of terminal acetylenes is 1. The Hall–Kier alpha value is -3.58. The third kappa shape index (κ3) is 5.98. The lowest BCUT2D eigenvalue weighted by atomic mass is 9.78. The van der Waals surface area contributed by atoms with Gasteiger partial charge in [0.05, 0.1) is 11.1 Å². The standard InChI is InChI=1S/C28H27F2NO/c1-4-19-32-25-15-9-22(10-16-25)28(3,5-2)18-6-7-21-8-17-26(30)27(20-21)31-24-13-11-23(29)12-14-24/h2,4,8-17,20,31H,1,6-7,18-19H2,3H3. The Balaban J connectivity index is 1.63. The van der Waals surface area contributed by atoms with Crippen molar-refractivity contribution in [3.05, 3.63) is 102 Å². The molecule has 0 aliphatic carbocycles. The van der Waals surface area contributed by atoms with E-state index in [1.807, 2.05) is 24.3 Å². The third-order valence-corrected chi connectivity index (χ3v) is 5.47. The van der Waals surface area contributed by atoms with Crippen molar-refractivity contribution >= 4 is 11.4 Å². The number of halogens is 2. The van der Waals surface area contributed by atoms with Crippen LogP contribution in [0, 0.1) is 24.0 Å². The topological polar surface area (TPSA) is 21.3 Å². The van der Waals surface area contributed by atoms with Gasteiger partial charge in [0.15, 0.2) is 0 Å². The zero-order valence-electron chi connectivity index (χ0n) is 18.2. The summed E-state index contributed by atoms with van der Waals surface area (Å²) in [6, 6.07) is 18.7. The third-order valence-electron chi connectivity index (χ3n) is 5.47. The van der Waals surface area contributed by atoms with Crippen molar-refractivity contribution in [1.82, 2.24) is 0 Å². The van der Waals surface area contributed by atoms with Crippen LogP contribution in [0.4, 0.5) is 20.2 Å². The summed E-state index contributed by atoms with van der Waals surface area (Å²) in [5.74, 6) is 3.03. The van der Waals surface area contributed by atoms with Gasteiger partial charge in [-0.15, -0.1) is 6.42 Å². The van der Waals surface area contributed by atoms with E-state index in [4.69, 9.17) is 11.2 Å². The Morgan fingerprint density at radius 1 is 1.06 bits per heavy atom. The molecule has 0 radical (unpaired) electrons. The maximum atomic E-state index is 14.3. The molecule has 3 aromatic rings. The molecule has 1 N–H and O–H groups in total. The Bertz CT molecular complexity index is 1080. The van der Waals surface area contributed by atoms with Crippen molar-refractivity contribution in [2.45, 2.75) is 31.6 Å². The fraction of sp³-hybridized carbons (Fsp3) is 0.214. The van der Waals surface area contributed by atoms with E-state index < -0.39 is 5.41 Å². The molecular weight excluding hydrogens is 404 g/mol. The summed E-state index contributed by atoms with van der Waals surface area (Å²) >= 11 is 0. The lowest BCUT2D eigenvalue weighted by Gasteiger charge is -2.24. The van der Waals surface area contributed by atoms with E-state index in [-0.39, 0.29) is 11.6 Å². The molecule has 0 saturated carbocycles. The Morgan fingerprint density at radius 2 is 1.78 bits per heavy atom. The smallest absolute Gasteiger partial charge is 0.146 e. The molecule has 0 fully saturated rings. The second-order valence-corrected chi connectivity index (χ2v) is 7.90. The van der Waals surface area contributed by atoms with Crippen LogP contribution in [0.25, 0.3) is 0 Å². The van der Waals surface area contributed by atoms with E-state index in [1.54, 1.807) is 30.3 Å². The van der Waals surface area contributed by atoms with Crippen LogP contribution in [0.1, 0.15) is 30.9 Å².